The van der Waals surface area contributed by atoms with E-state index in [4.69, 9.17) is 4.98 Å². The number of imidazole rings is 1. The van der Waals surface area contributed by atoms with Gasteiger partial charge in [0.15, 0.2) is 0 Å². The average Bonchev–Trinajstić information content (AvgIpc) is 3.05. The smallest absolute Gasteiger partial charge is 0.316 e. The van der Waals surface area contributed by atoms with Crippen LogP contribution in [0.5, 0.6) is 0 Å². The Morgan fingerprint density at radius 3 is 2.80 bits per heavy atom. The van der Waals surface area contributed by atoms with E-state index in [2.05, 4.69) is 10.3 Å². The summed E-state index contributed by atoms with van der Waals surface area (Å²) in [7, 11) is 0. The first kappa shape index (κ1) is 16.1. The molecule has 1 N–H and O–H groups in total. The van der Waals surface area contributed by atoms with Gasteiger partial charge in [0.2, 0.25) is 0 Å². The van der Waals surface area contributed by atoms with Gasteiger partial charge >= 0.3 is 6.18 Å². The fourth-order valence-corrected chi connectivity index (χ4v) is 3.26. The lowest BCUT2D eigenvalue weighted by Crippen LogP contribution is -2.28. The standard InChI is InChI=1S/C18H17F3N4/c19-18(20,21)13-6-7-17-23-10-16(25(17)11-13)15-5-1-4-14(24-15)12-3-2-8-22-9-12/h1,4-7,10-12,22H,2-3,8-9H2. The molecule has 1 unspecified atom stereocenters. The molecule has 0 amide bonds. The highest BCUT2D eigenvalue weighted by atomic mass is 19.4. The van der Waals surface area contributed by atoms with E-state index in [0.717, 1.165) is 43.9 Å². The molecule has 0 aliphatic carbocycles. The minimum Gasteiger partial charge on any atom is -0.316 e. The van der Waals surface area contributed by atoms with E-state index in [1.807, 2.05) is 18.2 Å². The number of aromatic nitrogens is 3. The van der Waals surface area contributed by atoms with Crippen molar-refractivity contribution in [1.82, 2.24) is 19.7 Å². The zero-order chi connectivity index (χ0) is 17.4. The van der Waals surface area contributed by atoms with Crippen LogP contribution >= 0.6 is 0 Å². The van der Waals surface area contributed by atoms with Crippen LogP contribution < -0.4 is 5.32 Å². The third-order valence-corrected chi connectivity index (χ3v) is 4.58. The van der Waals surface area contributed by atoms with Crippen LogP contribution in [0.1, 0.15) is 30.0 Å². The molecule has 4 nitrogen and oxygen atoms in total. The molecule has 0 saturated carbocycles. The molecule has 0 radical (unpaired) electrons. The van der Waals surface area contributed by atoms with Crippen molar-refractivity contribution in [2.24, 2.45) is 0 Å². The second-order valence-corrected chi connectivity index (χ2v) is 6.28. The predicted molar refractivity (Wildman–Crippen MR) is 88.3 cm³/mol. The quantitative estimate of drug-likeness (QED) is 0.766. The maximum Gasteiger partial charge on any atom is 0.417 e. The number of halogens is 3. The summed E-state index contributed by atoms with van der Waals surface area (Å²) in [5, 5.41) is 3.36. The highest BCUT2D eigenvalue weighted by molar-refractivity contribution is 5.60. The molecule has 4 heterocycles. The lowest BCUT2D eigenvalue weighted by Gasteiger charge is -2.22. The Kier molecular flexibility index (Phi) is 3.95. The molecule has 1 aliphatic rings. The number of rotatable bonds is 2. The van der Waals surface area contributed by atoms with Crippen LogP contribution in [-0.4, -0.2) is 27.5 Å². The largest absolute Gasteiger partial charge is 0.417 e. The molecule has 130 valence electrons. The van der Waals surface area contributed by atoms with E-state index >= 15 is 0 Å². The van der Waals surface area contributed by atoms with Gasteiger partial charge in [-0.1, -0.05) is 6.07 Å². The third-order valence-electron chi connectivity index (χ3n) is 4.58. The van der Waals surface area contributed by atoms with E-state index in [1.165, 1.54) is 10.5 Å². The molecule has 1 fully saturated rings. The molecule has 0 spiro atoms. The summed E-state index contributed by atoms with van der Waals surface area (Å²) in [6.45, 7) is 1.89. The second kappa shape index (κ2) is 6.15. The Morgan fingerprint density at radius 1 is 1.16 bits per heavy atom. The lowest BCUT2D eigenvalue weighted by molar-refractivity contribution is -0.137. The molecule has 25 heavy (non-hydrogen) atoms. The molecule has 1 saturated heterocycles. The van der Waals surface area contributed by atoms with Gasteiger partial charge in [-0.25, -0.2) is 4.98 Å². The molecule has 7 heteroatoms. The van der Waals surface area contributed by atoms with E-state index < -0.39 is 11.7 Å². The number of nitrogens with zero attached hydrogens (tertiary/aromatic N) is 3. The van der Waals surface area contributed by atoms with Crippen LogP contribution in [0.2, 0.25) is 0 Å². The molecule has 3 aromatic rings. The SMILES string of the molecule is FC(F)(F)c1ccc2ncc(-c3cccc(C4CCCNC4)n3)n2c1. The van der Waals surface area contributed by atoms with Crippen molar-refractivity contribution in [2.45, 2.75) is 24.9 Å². The molecule has 3 aromatic heterocycles. The summed E-state index contributed by atoms with van der Waals surface area (Å²) in [6.07, 6.45) is 0.420. The van der Waals surface area contributed by atoms with E-state index in [0.29, 0.717) is 23.0 Å². The topological polar surface area (TPSA) is 42.2 Å². The van der Waals surface area contributed by atoms with Crippen LogP contribution in [0.25, 0.3) is 17.0 Å². The van der Waals surface area contributed by atoms with Gasteiger partial charge in [0.25, 0.3) is 0 Å². The highest BCUT2D eigenvalue weighted by Crippen LogP contribution is 2.31. The molecule has 0 bridgehead atoms. The van der Waals surface area contributed by atoms with Gasteiger partial charge in [-0.2, -0.15) is 13.2 Å². The van der Waals surface area contributed by atoms with Crippen molar-refractivity contribution in [2.75, 3.05) is 13.1 Å². The number of hydrogen-bond acceptors (Lipinski definition) is 3. The lowest BCUT2D eigenvalue weighted by atomic mass is 9.95. The Morgan fingerprint density at radius 2 is 2.04 bits per heavy atom. The zero-order valence-corrected chi connectivity index (χ0v) is 13.4. The van der Waals surface area contributed by atoms with Crippen molar-refractivity contribution >= 4 is 5.65 Å². The summed E-state index contributed by atoms with van der Waals surface area (Å²) in [5.41, 5.74) is 1.93. The molecule has 4 rings (SSSR count). The van der Waals surface area contributed by atoms with Gasteiger partial charge in [0.1, 0.15) is 5.65 Å². The molecule has 1 atom stereocenters. The molecule has 0 aromatic carbocycles. The third kappa shape index (κ3) is 3.11. The maximum atomic E-state index is 13.0. The van der Waals surface area contributed by atoms with Crippen LogP contribution in [-0.2, 0) is 6.18 Å². The minimum atomic E-state index is -4.39. The predicted octanol–water partition coefficient (Wildman–Crippen LogP) is 3.88. The van der Waals surface area contributed by atoms with Crippen LogP contribution in [0.4, 0.5) is 13.2 Å². The van der Waals surface area contributed by atoms with Crippen molar-refractivity contribution in [3.63, 3.8) is 0 Å². The summed E-state index contributed by atoms with van der Waals surface area (Å²) in [5.74, 6) is 0.332. The first-order valence-corrected chi connectivity index (χ1v) is 8.25. The first-order valence-electron chi connectivity index (χ1n) is 8.25. The number of hydrogen-bond donors (Lipinski definition) is 1. The van der Waals surface area contributed by atoms with Crippen molar-refractivity contribution in [3.8, 4) is 11.4 Å². The fourth-order valence-electron chi connectivity index (χ4n) is 3.26. The Hall–Kier alpha value is -2.41. The van der Waals surface area contributed by atoms with Gasteiger partial charge in [-0.15, -0.1) is 0 Å². The first-order chi connectivity index (χ1) is 12.0. The summed E-state index contributed by atoms with van der Waals surface area (Å²) < 4.78 is 40.5. The highest BCUT2D eigenvalue weighted by Gasteiger charge is 2.31. The number of alkyl halides is 3. The van der Waals surface area contributed by atoms with E-state index in [-0.39, 0.29) is 0 Å². The van der Waals surface area contributed by atoms with Gasteiger partial charge < -0.3 is 5.32 Å². The Labute approximate surface area is 142 Å². The van der Waals surface area contributed by atoms with Crippen LogP contribution in [0.3, 0.4) is 0 Å². The number of piperidine rings is 1. The van der Waals surface area contributed by atoms with Gasteiger partial charge in [-0.3, -0.25) is 9.38 Å². The Bertz CT molecular complexity index is 895. The van der Waals surface area contributed by atoms with Gasteiger partial charge in [-0.05, 0) is 43.7 Å². The summed E-state index contributed by atoms with van der Waals surface area (Å²) >= 11 is 0. The number of pyridine rings is 2. The molecule has 1 aliphatic heterocycles. The van der Waals surface area contributed by atoms with Crippen molar-refractivity contribution < 1.29 is 13.2 Å². The number of nitrogens with one attached hydrogen (secondary N) is 1. The number of fused-ring (bicyclic) bond motifs is 1. The van der Waals surface area contributed by atoms with Crippen molar-refractivity contribution in [1.29, 1.82) is 0 Å². The van der Waals surface area contributed by atoms with Crippen LogP contribution in [0, 0.1) is 0 Å². The summed E-state index contributed by atoms with van der Waals surface area (Å²) in [6, 6.07) is 8.11. The monoisotopic (exact) mass is 346 g/mol. The Balaban J connectivity index is 1.76. The summed E-state index contributed by atoms with van der Waals surface area (Å²) in [4.78, 5) is 8.90. The molecular weight excluding hydrogens is 329 g/mol. The van der Waals surface area contributed by atoms with Crippen molar-refractivity contribution in [3.05, 3.63) is 54.0 Å². The maximum absolute atomic E-state index is 13.0. The van der Waals surface area contributed by atoms with E-state index in [1.54, 1.807) is 6.20 Å². The second-order valence-electron chi connectivity index (χ2n) is 6.28. The van der Waals surface area contributed by atoms with Gasteiger partial charge in [0, 0.05) is 24.4 Å². The fraction of sp³-hybridized carbons (Fsp3) is 0.333. The van der Waals surface area contributed by atoms with E-state index in [9.17, 15) is 13.2 Å². The average molecular weight is 346 g/mol. The zero-order valence-electron chi connectivity index (χ0n) is 13.4. The molecular formula is C18H17F3N4. The van der Waals surface area contributed by atoms with Gasteiger partial charge in [0.05, 0.1) is 23.1 Å². The van der Waals surface area contributed by atoms with Crippen LogP contribution in [0.15, 0.2) is 42.7 Å². The normalized spacial score (nSPS) is 18.6. The minimum absolute atomic E-state index is 0.332.